The SMILES string of the molecule is CCC(c1ccc(F)c(C(=O)c2c[nH]c3ncc(Br)cc23)c1F)S(N)(=O)=O. The molecule has 0 bridgehead atoms. The van der Waals surface area contributed by atoms with Crippen molar-refractivity contribution in [3.8, 4) is 0 Å². The van der Waals surface area contributed by atoms with Gasteiger partial charge in [-0.25, -0.2) is 27.3 Å². The topological polar surface area (TPSA) is 106 Å². The predicted molar refractivity (Wildman–Crippen MR) is 99.7 cm³/mol. The predicted octanol–water partition coefficient (Wildman–Crippen LogP) is 3.57. The zero-order chi connectivity index (χ0) is 19.9. The number of primary sulfonamides is 1. The van der Waals surface area contributed by atoms with Crippen molar-refractivity contribution in [2.24, 2.45) is 5.14 Å². The highest BCUT2D eigenvalue weighted by atomic mass is 79.9. The number of benzene rings is 1. The molecule has 3 N–H and O–H groups in total. The molecule has 0 radical (unpaired) electrons. The highest BCUT2D eigenvalue weighted by Crippen LogP contribution is 2.31. The summed E-state index contributed by atoms with van der Waals surface area (Å²) in [6.45, 7) is 1.50. The van der Waals surface area contributed by atoms with Gasteiger partial charge in [0.1, 0.15) is 22.5 Å². The summed E-state index contributed by atoms with van der Waals surface area (Å²) in [5.41, 5.74) is -0.800. The van der Waals surface area contributed by atoms with Crippen LogP contribution in [0.15, 0.2) is 35.1 Å². The minimum absolute atomic E-state index is 0.0115. The lowest BCUT2D eigenvalue weighted by Gasteiger charge is -2.16. The molecular weight excluding hydrogens is 444 g/mol. The van der Waals surface area contributed by atoms with Crippen molar-refractivity contribution in [2.45, 2.75) is 18.6 Å². The molecule has 1 aromatic carbocycles. The van der Waals surface area contributed by atoms with Crippen LogP contribution < -0.4 is 5.14 Å². The molecule has 2 heterocycles. The molecule has 142 valence electrons. The number of sulfonamides is 1. The number of nitrogens with zero attached hydrogens (tertiary/aromatic N) is 1. The summed E-state index contributed by atoms with van der Waals surface area (Å²) in [6.07, 6.45) is 2.78. The Morgan fingerprint density at radius 2 is 2.07 bits per heavy atom. The van der Waals surface area contributed by atoms with Gasteiger partial charge in [0, 0.05) is 33.4 Å². The lowest BCUT2D eigenvalue weighted by Crippen LogP contribution is -2.23. The second-order valence-electron chi connectivity index (χ2n) is 5.89. The number of fused-ring (bicyclic) bond motifs is 1. The van der Waals surface area contributed by atoms with E-state index >= 15 is 4.39 Å². The average molecular weight is 458 g/mol. The van der Waals surface area contributed by atoms with Crippen molar-refractivity contribution < 1.29 is 22.0 Å². The van der Waals surface area contributed by atoms with Gasteiger partial charge in [0.25, 0.3) is 0 Å². The van der Waals surface area contributed by atoms with E-state index in [1.54, 1.807) is 6.07 Å². The first-order valence-electron chi connectivity index (χ1n) is 7.82. The largest absolute Gasteiger partial charge is 0.345 e. The summed E-state index contributed by atoms with van der Waals surface area (Å²) in [4.78, 5) is 19.7. The number of hydrogen-bond donors (Lipinski definition) is 2. The summed E-state index contributed by atoms with van der Waals surface area (Å²) in [6, 6.07) is 3.45. The molecule has 1 unspecified atom stereocenters. The van der Waals surface area contributed by atoms with Crippen LogP contribution in [0.2, 0.25) is 0 Å². The number of pyridine rings is 1. The Morgan fingerprint density at radius 1 is 1.37 bits per heavy atom. The fraction of sp³-hybridized carbons (Fsp3) is 0.176. The first-order valence-corrected chi connectivity index (χ1v) is 10.2. The number of nitrogens with two attached hydrogens (primary N) is 1. The lowest BCUT2D eigenvalue weighted by molar-refractivity contribution is 0.103. The number of H-pyrrole nitrogens is 1. The maximum atomic E-state index is 15.0. The van der Waals surface area contributed by atoms with Gasteiger partial charge in [-0.05, 0) is 34.5 Å². The van der Waals surface area contributed by atoms with Crippen LogP contribution in [0, 0.1) is 11.6 Å². The molecule has 0 aliphatic rings. The van der Waals surface area contributed by atoms with E-state index in [1.165, 1.54) is 19.3 Å². The fourth-order valence-corrected chi connectivity index (χ4v) is 4.29. The van der Waals surface area contributed by atoms with Crippen molar-refractivity contribution in [1.29, 1.82) is 0 Å². The van der Waals surface area contributed by atoms with E-state index in [1.807, 2.05) is 0 Å². The summed E-state index contributed by atoms with van der Waals surface area (Å²) in [7, 11) is -4.14. The smallest absolute Gasteiger partial charge is 0.216 e. The Hall–Kier alpha value is -2.17. The van der Waals surface area contributed by atoms with Gasteiger partial charge in [-0.3, -0.25) is 4.79 Å². The van der Waals surface area contributed by atoms with Gasteiger partial charge in [0.15, 0.2) is 0 Å². The quantitative estimate of drug-likeness (QED) is 0.571. The average Bonchev–Trinajstić information content (AvgIpc) is 2.99. The zero-order valence-corrected chi connectivity index (χ0v) is 16.4. The van der Waals surface area contributed by atoms with E-state index in [9.17, 15) is 17.6 Å². The van der Waals surface area contributed by atoms with Crippen molar-refractivity contribution >= 4 is 42.8 Å². The van der Waals surface area contributed by atoms with E-state index in [-0.39, 0.29) is 17.5 Å². The molecule has 3 aromatic rings. The minimum Gasteiger partial charge on any atom is -0.345 e. The number of aromatic nitrogens is 2. The molecule has 1 atom stereocenters. The van der Waals surface area contributed by atoms with Crippen LogP contribution in [-0.2, 0) is 10.0 Å². The van der Waals surface area contributed by atoms with E-state index in [2.05, 4.69) is 25.9 Å². The van der Waals surface area contributed by atoms with Gasteiger partial charge in [0.2, 0.25) is 15.8 Å². The second kappa shape index (κ2) is 7.10. The van der Waals surface area contributed by atoms with Gasteiger partial charge in [-0.2, -0.15) is 0 Å². The van der Waals surface area contributed by atoms with Crippen LogP contribution in [0.1, 0.15) is 40.1 Å². The molecule has 0 aliphatic carbocycles. The van der Waals surface area contributed by atoms with Gasteiger partial charge < -0.3 is 4.98 Å². The Labute approximate surface area is 162 Å². The highest BCUT2D eigenvalue weighted by Gasteiger charge is 2.30. The molecule has 6 nitrogen and oxygen atoms in total. The first-order chi connectivity index (χ1) is 12.6. The molecule has 0 aliphatic heterocycles. The van der Waals surface area contributed by atoms with Crippen LogP contribution >= 0.6 is 15.9 Å². The van der Waals surface area contributed by atoms with Gasteiger partial charge in [-0.1, -0.05) is 13.0 Å². The van der Waals surface area contributed by atoms with E-state index in [0.29, 0.717) is 15.5 Å². The number of aromatic amines is 1. The maximum absolute atomic E-state index is 15.0. The number of nitrogens with one attached hydrogen (secondary N) is 1. The monoisotopic (exact) mass is 457 g/mol. The van der Waals surface area contributed by atoms with E-state index < -0.39 is 38.3 Å². The molecule has 10 heteroatoms. The third-order valence-electron chi connectivity index (χ3n) is 4.20. The number of ketones is 1. The summed E-state index contributed by atoms with van der Waals surface area (Å²) >= 11 is 3.23. The molecule has 0 amide bonds. The number of carbonyl (C=O) groups excluding carboxylic acids is 1. The third-order valence-corrected chi connectivity index (χ3v) is 6.02. The zero-order valence-electron chi connectivity index (χ0n) is 14.0. The molecule has 0 fully saturated rings. The van der Waals surface area contributed by atoms with E-state index in [4.69, 9.17) is 5.14 Å². The Bertz CT molecular complexity index is 1160. The lowest BCUT2D eigenvalue weighted by atomic mass is 9.98. The summed E-state index contributed by atoms with van der Waals surface area (Å²) in [5, 5.41) is 4.14. The number of rotatable bonds is 5. The molecule has 0 saturated heterocycles. The molecule has 0 saturated carbocycles. The summed E-state index contributed by atoms with van der Waals surface area (Å²) < 4.78 is 53.4. The Balaban J connectivity index is 2.20. The highest BCUT2D eigenvalue weighted by molar-refractivity contribution is 9.10. The van der Waals surface area contributed by atoms with Crippen molar-refractivity contribution in [3.05, 3.63) is 63.4 Å². The number of hydrogen-bond acceptors (Lipinski definition) is 4. The second-order valence-corrected chi connectivity index (χ2v) is 8.56. The van der Waals surface area contributed by atoms with Crippen LogP contribution in [0.5, 0.6) is 0 Å². The summed E-state index contributed by atoms with van der Waals surface area (Å²) in [5.74, 6) is -3.26. The van der Waals surface area contributed by atoms with Gasteiger partial charge >= 0.3 is 0 Å². The standard InChI is InChI=1S/C17H14BrF2N3O3S/c1-2-13(27(21,25)26)9-3-4-12(19)14(15(9)20)16(24)11-7-23-17-10(11)5-8(18)6-22-17/h3-7,13H,2H2,1H3,(H,22,23)(H2,21,25,26). The van der Waals surface area contributed by atoms with Crippen molar-refractivity contribution in [2.75, 3.05) is 0 Å². The number of halogens is 3. The van der Waals surface area contributed by atoms with Crippen LogP contribution in [0.4, 0.5) is 8.78 Å². The molecule has 0 spiro atoms. The molecule has 3 rings (SSSR count). The van der Waals surface area contributed by atoms with Gasteiger partial charge in [0.05, 0.1) is 5.56 Å². The fourth-order valence-electron chi connectivity index (χ4n) is 2.96. The minimum atomic E-state index is -4.14. The van der Waals surface area contributed by atoms with Gasteiger partial charge in [-0.15, -0.1) is 0 Å². The third kappa shape index (κ3) is 3.52. The van der Waals surface area contributed by atoms with E-state index in [0.717, 1.165) is 12.1 Å². The normalized spacial score (nSPS) is 13.1. The molecule has 27 heavy (non-hydrogen) atoms. The van der Waals surface area contributed by atoms with Crippen molar-refractivity contribution in [1.82, 2.24) is 9.97 Å². The first kappa shape index (κ1) is 19.6. The Kier molecular flexibility index (Phi) is 5.15. The van der Waals surface area contributed by atoms with Crippen LogP contribution in [0.25, 0.3) is 11.0 Å². The maximum Gasteiger partial charge on any atom is 0.216 e. The molecule has 2 aromatic heterocycles. The van der Waals surface area contributed by atoms with Crippen molar-refractivity contribution in [3.63, 3.8) is 0 Å². The Morgan fingerprint density at radius 3 is 2.70 bits per heavy atom. The van der Waals surface area contributed by atoms with Crippen LogP contribution in [-0.4, -0.2) is 24.2 Å². The molecular formula is C17H14BrF2N3O3S. The van der Waals surface area contributed by atoms with Crippen LogP contribution in [0.3, 0.4) is 0 Å². The number of carbonyl (C=O) groups is 1.